The van der Waals surface area contributed by atoms with Crippen LogP contribution in [-0.4, -0.2) is 37.9 Å². The number of aliphatic hydroxyl groups is 1. The van der Waals surface area contributed by atoms with E-state index >= 15 is 0 Å². The molecule has 1 aliphatic rings. The Morgan fingerprint density at radius 1 is 1.08 bits per heavy atom. The highest BCUT2D eigenvalue weighted by molar-refractivity contribution is 5.76. The third kappa shape index (κ3) is 2.80. The Morgan fingerprint density at radius 3 is 2.58 bits per heavy atom. The van der Waals surface area contributed by atoms with Gasteiger partial charge in [0, 0.05) is 25.4 Å². The second-order valence-corrected chi connectivity index (χ2v) is 6.85. The fourth-order valence-electron chi connectivity index (χ4n) is 3.39. The van der Waals surface area contributed by atoms with E-state index in [1.807, 2.05) is 61.5 Å². The average Bonchev–Trinajstić information content (AvgIpc) is 3.09. The lowest BCUT2D eigenvalue weighted by molar-refractivity contribution is 0.0868. The van der Waals surface area contributed by atoms with E-state index < -0.39 is 6.23 Å². The first-order chi connectivity index (χ1) is 12.5. The fourth-order valence-corrected chi connectivity index (χ4v) is 3.39. The van der Waals surface area contributed by atoms with Crippen molar-refractivity contribution in [3.63, 3.8) is 0 Å². The van der Waals surface area contributed by atoms with Gasteiger partial charge in [-0.15, -0.1) is 10.2 Å². The Morgan fingerprint density at radius 2 is 1.85 bits per heavy atom. The first-order valence-electron chi connectivity index (χ1n) is 8.74. The van der Waals surface area contributed by atoms with E-state index in [1.165, 1.54) is 5.56 Å². The number of benzene rings is 1. The van der Waals surface area contributed by atoms with Gasteiger partial charge in [-0.2, -0.15) is 0 Å². The zero-order valence-electron chi connectivity index (χ0n) is 15.2. The smallest absolute Gasteiger partial charge is 0.160 e. The van der Waals surface area contributed by atoms with Crippen LogP contribution in [0.4, 0.5) is 0 Å². The molecule has 2 atom stereocenters. The van der Waals surface area contributed by atoms with Crippen molar-refractivity contribution in [3.8, 4) is 0 Å². The van der Waals surface area contributed by atoms with E-state index in [9.17, 15) is 5.11 Å². The monoisotopic (exact) mass is 346 g/mol. The number of rotatable bonds is 3. The van der Waals surface area contributed by atoms with Crippen molar-refractivity contribution in [1.82, 2.24) is 19.5 Å². The molecular formula is C21H22N4O. The number of hydrogen-bond acceptors (Lipinski definition) is 4. The summed E-state index contributed by atoms with van der Waals surface area (Å²) < 4.78 is 2.06. The van der Waals surface area contributed by atoms with Gasteiger partial charge in [-0.1, -0.05) is 37.3 Å². The second kappa shape index (κ2) is 6.42. The van der Waals surface area contributed by atoms with E-state index in [2.05, 4.69) is 39.9 Å². The molecule has 5 heteroatoms. The molecule has 26 heavy (non-hydrogen) atoms. The van der Waals surface area contributed by atoms with Gasteiger partial charge < -0.3 is 10.0 Å². The Hall–Kier alpha value is -2.92. The molecule has 0 fully saturated rings. The van der Waals surface area contributed by atoms with Crippen LogP contribution >= 0.6 is 0 Å². The van der Waals surface area contributed by atoms with Crippen molar-refractivity contribution in [2.24, 2.45) is 0 Å². The normalized spacial score (nSPS) is 18.6. The number of aliphatic hydroxyl groups excluding tert-OH is 1. The quantitative estimate of drug-likeness (QED) is 0.789. The van der Waals surface area contributed by atoms with Gasteiger partial charge in [0.1, 0.15) is 12.1 Å². The summed E-state index contributed by atoms with van der Waals surface area (Å²) in [6.07, 6.45) is 5.50. The molecule has 0 saturated heterocycles. The molecule has 2 aromatic heterocycles. The molecule has 3 aromatic rings. The molecule has 0 radical (unpaired) electrons. The highest BCUT2D eigenvalue weighted by atomic mass is 16.3. The van der Waals surface area contributed by atoms with Crippen molar-refractivity contribution >= 4 is 11.2 Å². The van der Waals surface area contributed by atoms with Crippen molar-refractivity contribution < 1.29 is 5.11 Å². The molecule has 0 amide bonds. The van der Waals surface area contributed by atoms with Gasteiger partial charge >= 0.3 is 0 Å². The van der Waals surface area contributed by atoms with Crippen LogP contribution in [0.1, 0.15) is 36.7 Å². The maximum absolute atomic E-state index is 10.1. The van der Waals surface area contributed by atoms with Gasteiger partial charge in [0.05, 0.1) is 0 Å². The summed E-state index contributed by atoms with van der Waals surface area (Å²) in [5, 5.41) is 18.8. The van der Waals surface area contributed by atoms with E-state index in [1.54, 1.807) is 0 Å². The van der Waals surface area contributed by atoms with Crippen LogP contribution in [-0.2, 0) is 0 Å². The van der Waals surface area contributed by atoms with E-state index in [4.69, 9.17) is 0 Å². The fraction of sp³-hybridized carbons (Fsp3) is 0.238. The highest BCUT2D eigenvalue weighted by Crippen LogP contribution is 2.27. The van der Waals surface area contributed by atoms with Crippen LogP contribution in [0.5, 0.6) is 0 Å². The van der Waals surface area contributed by atoms with Gasteiger partial charge in [0.25, 0.3) is 0 Å². The summed E-state index contributed by atoms with van der Waals surface area (Å²) in [4.78, 5) is 1.81. The molecule has 1 N–H and O–H groups in total. The zero-order chi connectivity index (χ0) is 18.3. The molecule has 5 nitrogen and oxygen atoms in total. The summed E-state index contributed by atoms with van der Waals surface area (Å²) in [6, 6.07) is 14.4. The Kier molecular flexibility index (Phi) is 4.09. The molecule has 0 bridgehead atoms. The summed E-state index contributed by atoms with van der Waals surface area (Å²) in [7, 11) is 1.88. The lowest BCUT2D eigenvalue weighted by Crippen LogP contribution is -2.30. The lowest BCUT2D eigenvalue weighted by Gasteiger charge is -2.27. The minimum Gasteiger partial charge on any atom is -0.370 e. The average molecular weight is 346 g/mol. The van der Waals surface area contributed by atoms with E-state index in [-0.39, 0.29) is 5.92 Å². The van der Waals surface area contributed by atoms with Gasteiger partial charge in [0.15, 0.2) is 5.65 Å². The van der Waals surface area contributed by atoms with Crippen LogP contribution in [0.25, 0.3) is 11.2 Å². The Labute approximate surface area is 152 Å². The van der Waals surface area contributed by atoms with Gasteiger partial charge in [-0.3, -0.25) is 4.40 Å². The summed E-state index contributed by atoms with van der Waals surface area (Å²) >= 11 is 0. The first-order valence-corrected chi connectivity index (χ1v) is 8.74. The highest BCUT2D eigenvalue weighted by Gasteiger charge is 2.19. The zero-order valence-corrected chi connectivity index (χ0v) is 15.2. The maximum Gasteiger partial charge on any atom is 0.160 e. The Balaban J connectivity index is 1.77. The molecule has 1 aliphatic heterocycles. The minimum atomic E-state index is -0.564. The molecule has 0 aliphatic carbocycles. The summed E-state index contributed by atoms with van der Waals surface area (Å²) in [5.41, 5.74) is 5.09. The molecule has 0 saturated carbocycles. The molecular weight excluding hydrogens is 324 g/mol. The van der Waals surface area contributed by atoms with Crippen molar-refractivity contribution in [2.45, 2.75) is 26.0 Å². The molecule has 0 spiro atoms. The number of fused-ring (bicyclic) bond motifs is 1. The predicted molar refractivity (Wildman–Crippen MR) is 102 cm³/mol. The Bertz CT molecular complexity index is 1000. The van der Waals surface area contributed by atoms with Crippen molar-refractivity contribution in [3.05, 3.63) is 83.5 Å². The van der Waals surface area contributed by atoms with E-state index in [0.29, 0.717) is 0 Å². The molecule has 1 aromatic carbocycles. The van der Waals surface area contributed by atoms with Crippen LogP contribution in [0, 0.1) is 0 Å². The van der Waals surface area contributed by atoms with Crippen molar-refractivity contribution in [1.29, 1.82) is 0 Å². The minimum absolute atomic E-state index is 0.142. The van der Waals surface area contributed by atoms with Crippen LogP contribution in [0.3, 0.4) is 0 Å². The summed E-state index contributed by atoms with van der Waals surface area (Å²) in [6.45, 7) is 4.08. The molecule has 4 rings (SSSR count). The maximum atomic E-state index is 10.1. The molecule has 1 unspecified atom stereocenters. The number of likely N-dealkylation sites (N-methyl/N-ethyl adjacent to an activating group) is 1. The third-order valence-corrected chi connectivity index (χ3v) is 4.97. The molecule has 132 valence electrons. The number of pyridine rings is 1. The standard InChI is InChI=1S/C21H22N4O/c1-14-11-18(12-24(3)21(14)26)17-9-10-19-22-23-20(25(19)13-17)15(2)16-7-5-4-6-8-16/h4-13,15,21,26H,1-3H3/t15-,21?/m0/s1. The van der Waals surface area contributed by atoms with Gasteiger partial charge in [-0.25, -0.2) is 0 Å². The third-order valence-electron chi connectivity index (χ3n) is 4.97. The SMILES string of the molecule is CC1=CC(c2ccc3nnc([C@@H](C)c4ccccc4)n3c2)=CN(C)C1O. The summed E-state index contributed by atoms with van der Waals surface area (Å²) in [5.74, 6) is 1.06. The number of hydrogen-bond donors (Lipinski definition) is 1. The molecule has 3 heterocycles. The van der Waals surface area contributed by atoms with Crippen LogP contribution in [0.15, 0.2) is 66.5 Å². The predicted octanol–water partition coefficient (Wildman–Crippen LogP) is 3.43. The number of allylic oxidation sites excluding steroid dienone is 2. The lowest BCUT2D eigenvalue weighted by atomic mass is 10.00. The second-order valence-electron chi connectivity index (χ2n) is 6.85. The largest absolute Gasteiger partial charge is 0.370 e. The van der Waals surface area contributed by atoms with Crippen LogP contribution < -0.4 is 0 Å². The number of aromatic nitrogens is 3. The van der Waals surface area contributed by atoms with Crippen molar-refractivity contribution in [2.75, 3.05) is 7.05 Å². The van der Waals surface area contributed by atoms with Gasteiger partial charge in [-0.05, 0) is 47.4 Å². The van der Waals surface area contributed by atoms with Gasteiger partial charge in [0.2, 0.25) is 0 Å². The topological polar surface area (TPSA) is 53.7 Å². The number of nitrogens with zero attached hydrogens (tertiary/aromatic N) is 4. The first kappa shape index (κ1) is 16.5. The van der Waals surface area contributed by atoms with Crippen LogP contribution in [0.2, 0.25) is 0 Å². The van der Waals surface area contributed by atoms with E-state index in [0.717, 1.165) is 28.2 Å².